The normalized spacial score (nSPS) is 17.3. The van der Waals surface area contributed by atoms with Gasteiger partial charge in [0, 0.05) is 0 Å². The van der Waals surface area contributed by atoms with Crippen LogP contribution in [0.25, 0.3) is 0 Å². The monoisotopic (exact) mass is 337 g/mol. The highest BCUT2D eigenvalue weighted by molar-refractivity contribution is 6.80. The lowest BCUT2D eigenvalue weighted by Gasteiger charge is -2.37. The number of benzene rings is 2. The van der Waals surface area contributed by atoms with Crippen LogP contribution in [0.3, 0.4) is 0 Å². The first-order valence-electron chi connectivity index (χ1n) is 9.15. The molecule has 2 heteroatoms. The molecule has 0 bridgehead atoms. The van der Waals surface area contributed by atoms with Crippen LogP contribution in [0.1, 0.15) is 46.5 Å². The van der Waals surface area contributed by atoms with Gasteiger partial charge in [-0.05, 0) is 47.4 Å². The molecule has 0 amide bonds. The van der Waals surface area contributed by atoms with Crippen molar-refractivity contribution < 1.29 is 4.43 Å². The third-order valence-corrected chi connectivity index (χ3v) is 7.81. The Bertz CT molecular complexity index is 570. The Morgan fingerprint density at radius 1 is 0.792 bits per heavy atom. The summed E-state index contributed by atoms with van der Waals surface area (Å²) in [5, 5.41) is 2.74. The number of rotatable bonds is 4. The van der Waals surface area contributed by atoms with Gasteiger partial charge in [-0.2, -0.15) is 0 Å². The van der Waals surface area contributed by atoms with Crippen LogP contribution in [0.4, 0.5) is 0 Å². The molecule has 0 spiro atoms. The lowest BCUT2D eigenvalue weighted by atomic mass is 9.72. The minimum absolute atomic E-state index is 0.418. The molecule has 0 unspecified atom stereocenters. The Balaban J connectivity index is 1.72. The fourth-order valence-corrected chi connectivity index (χ4v) is 6.04. The van der Waals surface area contributed by atoms with Gasteiger partial charge in [-0.25, -0.2) is 0 Å². The van der Waals surface area contributed by atoms with E-state index in [0.29, 0.717) is 5.41 Å². The molecule has 0 atom stereocenters. The van der Waals surface area contributed by atoms with Crippen LogP contribution in [0.2, 0.25) is 0 Å². The molecule has 1 radical (unpaired) electrons. The van der Waals surface area contributed by atoms with Gasteiger partial charge in [0.15, 0.2) is 0 Å². The van der Waals surface area contributed by atoms with E-state index in [1.165, 1.54) is 29.3 Å². The summed E-state index contributed by atoms with van der Waals surface area (Å²) in [5.41, 5.74) is 0.418. The van der Waals surface area contributed by atoms with E-state index in [4.69, 9.17) is 4.43 Å². The molecule has 3 rings (SSSR count). The van der Waals surface area contributed by atoms with Gasteiger partial charge in [0.2, 0.25) is 9.04 Å². The van der Waals surface area contributed by atoms with E-state index in [1.807, 2.05) is 0 Å². The van der Waals surface area contributed by atoms with Crippen molar-refractivity contribution in [3.63, 3.8) is 0 Å². The van der Waals surface area contributed by atoms with E-state index in [2.05, 4.69) is 81.4 Å². The molecular weight excluding hydrogens is 308 g/mol. The molecule has 0 saturated heterocycles. The Hall–Kier alpha value is -1.38. The third kappa shape index (κ3) is 4.37. The first-order chi connectivity index (χ1) is 11.5. The maximum absolute atomic E-state index is 6.68. The van der Waals surface area contributed by atoms with Crippen molar-refractivity contribution in [1.29, 1.82) is 0 Å². The maximum atomic E-state index is 6.68. The summed E-state index contributed by atoms with van der Waals surface area (Å²) >= 11 is 0. The van der Waals surface area contributed by atoms with Crippen molar-refractivity contribution >= 4 is 19.4 Å². The van der Waals surface area contributed by atoms with Crippen LogP contribution in [-0.4, -0.2) is 9.04 Å². The van der Waals surface area contributed by atoms with Gasteiger partial charge < -0.3 is 4.43 Å². The largest absolute Gasteiger partial charge is 0.403 e. The molecule has 1 aliphatic rings. The van der Waals surface area contributed by atoms with Gasteiger partial charge in [0.25, 0.3) is 0 Å². The fourth-order valence-electron chi connectivity index (χ4n) is 3.67. The molecule has 1 nitrogen and oxygen atoms in total. The molecule has 2 aromatic rings. The molecule has 127 valence electrons. The second kappa shape index (κ2) is 7.67. The molecular formula is C22H29OSi. The van der Waals surface area contributed by atoms with Crippen molar-refractivity contribution in [2.45, 2.75) is 46.5 Å². The summed E-state index contributed by atoms with van der Waals surface area (Å²) in [4.78, 5) is 0. The highest BCUT2D eigenvalue weighted by Crippen LogP contribution is 2.40. The molecule has 24 heavy (non-hydrogen) atoms. The average Bonchev–Trinajstić information content (AvgIpc) is 2.61. The highest BCUT2D eigenvalue weighted by Gasteiger charge is 2.32. The van der Waals surface area contributed by atoms with E-state index in [0.717, 1.165) is 18.8 Å². The molecule has 0 aromatic heterocycles. The van der Waals surface area contributed by atoms with Crippen LogP contribution >= 0.6 is 0 Å². The minimum atomic E-state index is -1.62. The summed E-state index contributed by atoms with van der Waals surface area (Å²) < 4.78 is 6.68. The van der Waals surface area contributed by atoms with Crippen molar-refractivity contribution in [3.8, 4) is 0 Å². The Labute approximate surface area is 148 Å². The lowest BCUT2D eigenvalue weighted by Crippen LogP contribution is -2.46. The zero-order valence-corrected chi connectivity index (χ0v) is 16.3. The van der Waals surface area contributed by atoms with E-state index >= 15 is 0 Å². The zero-order valence-electron chi connectivity index (χ0n) is 15.2. The van der Waals surface area contributed by atoms with E-state index in [1.54, 1.807) is 0 Å². The van der Waals surface area contributed by atoms with Crippen LogP contribution in [-0.2, 0) is 4.43 Å². The summed E-state index contributed by atoms with van der Waals surface area (Å²) in [6, 6.07) is 21.6. The molecule has 1 fully saturated rings. The smallest absolute Gasteiger partial charge is 0.240 e. The summed E-state index contributed by atoms with van der Waals surface area (Å²) in [6.07, 6.45) is 6.13. The Kier molecular flexibility index (Phi) is 5.57. The minimum Gasteiger partial charge on any atom is -0.403 e. The number of hydrogen-bond acceptors (Lipinski definition) is 1. The predicted octanol–water partition coefficient (Wildman–Crippen LogP) is 4.31. The second-order valence-corrected chi connectivity index (χ2v) is 10.3. The van der Waals surface area contributed by atoms with Gasteiger partial charge in [-0.3, -0.25) is 0 Å². The van der Waals surface area contributed by atoms with Crippen LogP contribution in [0.5, 0.6) is 0 Å². The summed E-state index contributed by atoms with van der Waals surface area (Å²) in [7, 11) is -1.62. The fraction of sp³-hybridized carbons (Fsp3) is 0.409. The van der Waals surface area contributed by atoms with Crippen LogP contribution in [0.15, 0.2) is 60.7 Å². The lowest BCUT2D eigenvalue weighted by molar-refractivity contribution is 0.146. The molecule has 1 aliphatic carbocycles. The maximum Gasteiger partial charge on any atom is 0.240 e. The molecule has 0 heterocycles. The third-order valence-electron chi connectivity index (χ3n) is 5.26. The zero-order chi connectivity index (χ0) is 17.0. The predicted molar refractivity (Wildman–Crippen MR) is 105 cm³/mol. The van der Waals surface area contributed by atoms with Crippen molar-refractivity contribution in [2.24, 2.45) is 11.3 Å². The van der Waals surface area contributed by atoms with Crippen molar-refractivity contribution in [2.75, 3.05) is 0 Å². The summed E-state index contributed by atoms with van der Waals surface area (Å²) in [6.45, 7) is 7.11. The van der Waals surface area contributed by atoms with Gasteiger partial charge in [0.1, 0.15) is 0 Å². The van der Waals surface area contributed by atoms with Crippen molar-refractivity contribution in [1.82, 2.24) is 0 Å². The Morgan fingerprint density at radius 3 is 1.67 bits per heavy atom. The van der Waals surface area contributed by atoms with Crippen LogP contribution in [0, 0.1) is 17.4 Å². The van der Waals surface area contributed by atoms with E-state index in [9.17, 15) is 0 Å². The summed E-state index contributed by atoms with van der Waals surface area (Å²) in [5.74, 6) is 0.818. The first-order valence-corrected chi connectivity index (χ1v) is 10.8. The second-order valence-electron chi connectivity index (χ2n) is 8.00. The average molecular weight is 338 g/mol. The van der Waals surface area contributed by atoms with Gasteiger partial charge in [0.05, 0.1) is 6.10 Å². The molecule has 2 aromatic carbocycles. The van der Waals surface area contributed by atoms with Gasteiger partial charge in [-0.1, -0.05) is 81.4 Å². The number of hydrogen-bond donors (Lipinski definition) is 0. The highest BCUT2D eigenvalue weighted by atomic mass is 28.3. The first kappa shape index (κ1) is 17.4. The molecule has 0 N–H and O–H groups in total. The van der Waals surface area contributed by atoms with E-state index < -0.39 is 9.04 Å². The van der Waals surface area contributed by atoms with Crippen molar-refractivity contribution in [3.05, 3.63) is 66.8 Å². The topological polar surface area (TPSA) is 9.23 Å². The van der Waals surface area contributed by atoms with Gasteiger partial charge in [-0.15, -0.1) is 0 Å². The van der Waals surface area contributed by atoms with Crippen LogP contribution < -0.4 is 10.4 Å². The molecule has 0 aliphatic heterocycles. The SMILES string of the molecule is CC(C)(C)C1CC[C](O[SiH](c2ccccc2)c2ccccc2)CC1. The standard InChI is InChI=1S/C22H29OSi/c1-22(2,3)18-14-16-19(17-15-18)23-24(20-10-6-4-7-11-20)21-12-8-5-9-13-21/h4-13,18,24H,14-17H2,1-3H3. The quantitative estimate of drug-likeness (QED) is 0.756. The van der Waals surface area contributed by atoms with E-state index in [-0.39, 0.29) is 0 Å². The molecule has 1 saturated carbocycles. The van der Waals surface area contributed by atoms with Gasteiger partial charge >= 0.3 is 0 Å². The Morgan fingerprint density at radius 2 is 1.25 bits per heavy atom.